The van der Waals surface area contributed by atoms with Crippen molar-refractivity contribution in [1.82, 2.24) is 4.90 Å². The van der Waals surface area contributed by atoms with E-state index in [2.05, 4.69) is 0 Å². The third kappa shape index (κ3) is 2.32. The molecule has 0 spiro atoms. The third-order valence-electron chi connectivity index (χ3n) is 4.22. The van der Waals surface area contributed by atoms with E-state index in [1.54, 1.807) is 11.9 Å². The monoisotopic (exact) mass is 262 g/mol. The quantitative estimate of drug-likeness (QED) is 0.809. The smallest absolute Gasteiger partial charge is 0.233 e. The van der Waals surface area contributed by atoms with Crippen LogP contribution in [-0.2, 0) is 10.2 Å². The van der Waals surface area contributed by atoms with Crippen molar-refractivity contribution in [1.29, 1.82) is 0 Å². The number of aliphatic hydroxyl groups excluding tert-OH is 1. The van der Waals surface area contributed by atoms with E-state index in [0.29, 0.717) is 5.69 Å². The van der Waals surface area contributed by atoms with Gasteiger partial charge in [-0.1, -0.05) is 12.1 Å². The molecule has 1 fully saturated rings. The van der Waals surface area contributed by atoms with Gasteiger partial charge in [-0.3, -0.25) is 4.79 Å². The Labute approximate surface area is 114 Å². The number of rotatable bonds is 4. The summed E-state index contributed by atoms with van der Waals surface area (Å²) in [4.78, 5) is 14.4. The van der Waals surface area contributed by atoms with Gasteiger partial charge < -0.3 is 15.7 Å². The fourth-order valence-electron chi connectivity index (χ4n) is 2.26. The maximum atomic E-state index is 12.7. The molecule has 0 aliphatic heterocycles. The first-order chi connectivity index (χ1) is 8.83. The summed E-state index contributed by atoms with van der Waals surface area (Å²) in [7, 11) is 1.76. The maximum absolute atomic E-state index is 12.7. The Bertz CT molecular complexity index is 475. The lowest BCUT2D eigenvalue weighted by Gasteiger charge is -2.36. The van der Waals surface area contributed by atoms with Crippen molar-refractivity contribution >= 4 is 11.6 Å². The molecule has 19 heavy (non-hydrogen) atoms. The molecule has 4 nitrogen and oxygen atoms in total. The summed E-state index contributed by atoms with van der Waals surface area (Å²) in [6.07, 6.45) is 1.73. The number of amides is 1. The topological polar surface area (TPSA) is 66.6 Å². The standard InChI is InChI=1S/C15H22N2O2/c1-14(2,10-18)17(3)13(19)15(8-9-15)11-4-6-12(16)7-5-11/h4-7,18H,8-10,16H2,1-3H3. The van der Waals surface area contributed by atoms with Crippen molar-refractivity contribution in [2.24, 2.45) is 0 Å². The Morgan fingerprint density at radius 2 is 1.89 bits per heavy atom. The predicted octanol–water partition coefficient (Wildman–Crippen LogP) is 1.53. The van der Waals surface area contributed by atoms with Crippen LogP contribution in [0.4, 0.5) is 5.69 Å². The minimum Gasteiger partial charge on any atom is -0.399 e. The Kier molecular flexibility index (Phi) is 3.31. The molecular weight excluding hydrogens is 240 g/mol. The van der Waals surface area contributed by atoms with Gasteiger partial charge in [-0.2, -0.15) is 0 Å². The number of aliphatic hydroxyl groups is 1. The van der Waals surface area contributed by atoms with Crippen LogP contribution in [0.3, 0.4) is 0 Å². The lowest BCUT2D eigenvalue weighted by Crippen LogP contribution is -2.51. The highest BCUT2D eigenvalue weighted by atomic mass is 16.3. The summed E-state index contributed by atoms with van der Waals surface area (Å²) in [5.41, 5.74) is 6.46. The van der Waals surface area contributed by atoms with Gasteiger partial charge in [0.05, 0.1) is 17.6 Å². The van der Waals surface area contributed by atoms with Crippen molar-refractivity contribution in [2.75, 3.05) is 19.4 Å². The van der Waals surface area contributed by atoms with Gasteiger partial charge in [-0.15, -0.1) is 0 Å². The zero-order valence-corrected chi connectivity index (χ0v) is 11.8. The number of likely N-dealkylation sites (N-methyl/N-ethyl adjacent to an activating group) is 1. The summed E-state index contributed by atoms with van der Waals surface area (Å²) in [5.74, 6) is 0.0799. The van der Waals surface area contributed by atoms with Gasteiger partial charge in [0.1, 0.15) is 0 Å². The molecule has 4 heteroatoms. The first-order valence-electron chi connectivity index (χ1n) is 6.59. The SMILES string of the molecule is CN(C(=O)C1(c2ccc(N)cc2)CC1)C(C)(C)CO. The highest BCUT2D eigenvalue weighted by molar-refractivity contribution is 5.91. The van der Waals surface area contributed by atoms with E-state index in [1.807, 2.05) is 38.1 Å². The van der Waals surface area contributed by atoms with Crippen LogP contribution in [0.25, 0.3) is 0 Å². The fraction of sp³-hybridized carbons (Fsp3) is 0.533. The van der Waals surface area contributed by atoms with Gasteiger partial charge in [0, 0.05) is 12.7 Å². The third-order valence-corrected chi connectivity index (χ3v) is 4.22. The zero-order chi connectivity index (χ0) is 14.3. The molecule has 1 saturated carbocycles. The first-order valence-corrected chi connectivity index (χ1v) is 6.59. The Morgan fingerprint density at radius 3 is 2.32 bits per heavy atom. The highest BCUT2D eigenvalue weighted by Gasteiger charge is 2.53. The van der Waals surface area contributed by atoms with E-state index in [-0.39, 0.29) is 12.5 Å². The molecule has 0 radical (unpaired) electrons. The summed E-state index contributed by atoms with van der Waals surface area (Å²) in [6, 6.07) is 7.53. The molecule has 0 atom stereocenters. The molecule has 1 amide bonds. The summed E-state index contributed by atoms with van der Waals surface area (Å²) < 4.78 is 0. The Hall–Kier alpha value is -1.55. The largest absolute Gasteiger partial charge is 0.399 e. The number of anilines is 1. The molecule has 0 aromatic heterocycles. The van der Waals surface area contributed by atoms with Crippen molar-refractivity contribution in [3.05, 3.63) is 29.8 Å². The Morgan fingerprint density at radius 1 is 1.37 bits per heavy atom. The number of benzene rings is 1. The molecule has 0 bridgehead atoms. The van der Waals surface area contributed by atoms with Gasteiger partial charge in [0.25, 0.3) is 0 Å². The van der Waals surface area contributed by atoms with Crippen LogP contribution >= 0.6 is 0 Å². The van der Waals surface area contributed by atoms with Crippen LogP contribution in [0.1, 0.15) is 32.3 Å². The van der Waals surface area contributed by atoms with Crippen molar-refractivity contribution < 1.29 is 9.90 Å². The van der Waals surface area contributed by atoms with Crippen LogP contribution in [-0.4, -0.2) is 35.1 Å². The van der Waals surface area contributed by atoms with Crippen molar-refractivity contribution in [2.45, 2.75) is 37.6 Å². The second kappa shape index (κ2) is 4.53. The average molecular weight is 262 g/mol. The number of carbonyl (C=O) groups is 1. The molecular formula is C15H22N2O2. The fourth-order valence-corrected chi connectivity index (χ4v) is 2.26. The number of nitrogens with zero attached hydrogens (tertiary/aromatic N) is 1. The van der Waals surface area contributed by atoms with Gasteiger partial charge in [-0.05, 0) is 44.4 Å². The molecule has 0 saturated heterocycles. The van der Waals surface area contributed by atoms with E-state index >= 15 is 0 Å². The molecule has 3 N–H and O–H groups in total. The minimum atomic E-state index is -0.541. The lowest BCUT2D eigenvalue weighted by molar-refractivity contribution is -0.138. The van der Waals surface area contributed by atoms with E-state index in [4.69, 9.17) is 5.73 Å². The average Bonchev–Trinajstić information content (AvgIpc) is 3.19. The predicted molar refractivity (Wildman–Crippen MR) is 75.7 cm³/mol. The van der Waals surface area contributed by atoms with Gasteiger partial charge in [0.2, 0.25) is 5.91 Å². The maximum Gasteiger partial charge on any atom is 0.233 e. The van der Waals surface area contributed by atoms with Crippen LogP contribution < -0.4 is 5.73 Å². The number of hydrogen-bond donors (Lipinski definition) is 2. The van der Waals surface area contributed by atoms with Crippen molar-refractivity contribution in [3.8, 4) is 0 Å². The zero-order valence-electron chi connectivity index (χ0n) is 11.8. The number of nitrogen functional groups attached to an aromatic ring is 1. The van der Waals surface area contributed by atoms with Gasteiger partial charge in [0.15, 0.2) is 0 Å². The molecule has 1 aliphatic carbocycles. The van der Waals surface area contributed by atoms with Gasteiger partial charge >= 0.3 is 0 Å². The normalized spacial score (nSPS) is 17.1. The van der Waals surface area contributed by atoms with Gasteiger partial charge in [-0.25, -0.2) is 0 Å². The second-order valence-corrected chi connectivity index (χ2v) is 6.04. The van der Waals surface area contributed by atoms with Crippen molar-refractivity contribution in [3.63, 3.8) is 0 Å². The molecule has 0 unspecified atom stereocenters. The summed E-state index contributed by atoms with van der Waals surface area (Å²) >= 11 is 0. The Balaban J connectivity index is 2.26. The lowest BCUT2D eigenvalue weighted by atomic mass is 9.92. The van der Waals surface area contributed by atoms with E-state index in [9.17, 15) is 9.90 Å². The summed E-state index contributed by atoms with van der Waals surface area (Å²) in [6.45, 7) is 3.68. The van der Waals surface area contributed by atoms with Crippen LogP contribution in [0.2, 0.25) is 0 Å². The van der Waals surface area contributed by atoms with E-state index in [1.165, 1.54) is 0 Å². The highest BCUT2D eigenvalue weighted by Crippen LogP contribution is 2.50. The molecule has 1 aromatic rings. The van der Waals surface area contributed by atoms with E-state index < -0.39 is 11.0 Å². The number of nitrogens with two attached hydrogens (primary N) is 1. The first kappa shape index (κ1) is 13.9. The van der Waals surface area contributed by atoms with Crippen LogP contribution in [0.5, 0.6) is 0 Å². The van der Waals surface area contributed by atoms with Crippen LogP contribution in [0, 0.1) is 0 Å². The van der Waals surface area contributed by atoms with E-state index in [0.717, 1.165) is 18.4 Å². The summed E-state index contributed by atoms with van der Waals surface area (Å²) in [5, 5.41) is 9.40. The number of hydrogen-bond acceptors (Lipinski definition) is 3. The molecule has 104 valence electrons. The minimum absolute atomic E-state index is 0.0486. The van der Waals surface area contributed by atoms with Crippen LogP contribution in [0.15, 0.2) is 24.3 Å². The molecule has 1 aromatic carbocycles. The number of carbonyl (C=O) groups excluding carboxylic acids is 1. The second-order valence-electron chi connectivity index (χ2n) is 6.04. The molecule has 0 heterocycles. The molecule has 2 rings (SSSR count). The molecule has 1 aliphatic rings.